The third-order valence-corrected chi connectivity index (χ3v) is 2.40. The summed E-state index contributed by atoms with van der Waals surface area (Å²) in [6.45, 7) is 10.1. The van der Waals surface area contributed by atoms with E-state index in [9.17, 15) is 0 Å². The minimum Gasteiger partial charge on any atom is -0.494 e. The number of benzene rings is 1. The molecule has 1 rings (SSSR count). The van der Waals surface area contributed by atoms with Gasteiger partial charge in [0.2, 0.25) is 0 Å². The predicted molar refractivity (Wildman–Crippen MR) is 71.5 cm³/mol. The third-order valence-electron chi connectivity index (χ3n) is 2.40. The SMILES string of the molecule is C=C(C)CCOCCCOc1ccc(C)cc1. The summed E-state index contributed by atoms with van der Waals surface area (Å²) >= 11 is 0. The highest BCUT2D eigenvalue weighted by atomic mass is 16.5. The van der Waals surface area contributed by atoms with Crippen molar-refractivity contribution in [1.29, 1.82) is 0 Å². The lowest BCUT2D eigenvalue weighted by Crippen LogP contribution is -2.04. The lowest BCUT2D eigenvalue weighted by molar-refractivity contribution is 0.122. The molecule has 0 fully saturated rings. The van der Waals surface area contributed by atoms with Gasteiger partial charge in [0.15, 0.2) is 0 Å². The van der Waals surface area contributed by atoms with E-state index in [4.69, 9.17) is 9.47 Å². The molecule has 1 aromatic carbocycles. The van der Waals surface area contributed by atoms with E-state index in [0.29, 0.717) is 6.61 Å². The van der Waals surface area contributed by atoms with Crippen LogP contribution in [0.5, 0.6) is 5.75 Å². The van der Waals surface area contributed by atoms with Crippen molar-refractivity contribution < 1.29 is 9.47 Å². The van der Waals surface area contributed by atoms with Gasteiger partial charge < -0.3 is 9.47 Å². The highest BCUT2D eigenvalue weighted by molar-refractivity contribution is 5.26. The zero-order chi connectivity index (χ0) is 12.5. The Bertz CT molecular complexity index is 327. The van der Waals surface area contributed by atoms with E-state index < -0.39 is 0 Å². The van der Waals surface area contributed by atoms with Crippen LogP contribution >= 0.6 is 0 Å². The second-order valence-corrected chi connectivity index (χ2v) is 4.33. The molecule has 2 nitrogen and oxygen atoms in total. The molecular formula is C15H22O2. The summed E-state index contributed by atoms with van der Waals surface area (Å²) in [5.74, 6) is 0.928. The molecule has 0 aliphatic carbocycles. The molecule has 17 heavy (non-hydrogen) atoms. The van der Waals surface area contributed by atoms with Gasteiger partial charge in [-0.2, -0.15) is 0 Å². The summed E-state index contributed by atoms with van der Waals surface area (Å²) < 4.78 is 11.1. The molecule has 0 amide bonds. The zero-order valence-corrected chi connectivity index (χ0v) is 10.9. The molecule has 0 saturated carbocycles. The van der Waals surface area contributed by atoms with Crippen LogP contribution < -0.4 is 4.74 Å². The maximum atomic E-state index is 5.59. The van der Waals surface area contributed by atoms with Gasteiger partial charge in [0.05, 0.1) is 13.2 Å². The Morgan fingerprint density at radius 3 is 2.47 bits per heavy atom. The topological polar surface area (TPSA) is 18.5 Å². The van der Waals surface area contributed by atoms with Gasteiger partial charge in [-0.25, -0.2) is 0 Å². The molecule has 0 atom stereocenters. The molecule has 0 aromatic heterocycles. The van der Waals surface area contributed by atoms with Crippen molar-refractivity contribution in [3.8, 4) is 5.75 Å². The molecule has 0 aliphatic heterocycles. The van der Waals surface area contributed by atoms with Crippen LogP contribution in [0.2, 0.25) is 0 Å². The predicted octanol–water partition coefficient (Wildman–Crippen LogP) is 3.75. The molecule has 0 aliphatic rings. The van der Waals surface area contributed by atoms with Crippen LogP contribution in [0.25, 0.3) is 0 Å². The van der Waals surface area contributed by atoms with E-state index in [2.05, 4.69) is 25.6 Å². The smallest absolute Gasteiger partial charge is 0.119 e. The number of hydrogen-bond donors (Lipinski definition) is 0. The second-order valence-electron chi connectivity index (χ2n) is 4.33. The first-order valence-corrected chi connectivity index (χ1v) is 6.10. The van der Waals surface area contributed by atoms with Crippen molar-refractivity contribution in [3.63, 3.8) is 0 Å². The zero-order valence-electron chi connectivity index (χ0n) is 10.9. The van der Waals surface area contributed by atoms with Gasteiger partial charge >= 0.3 is 0 Å². The van der Waals surface area contributed by atoms with Crippen molar-refractivity contribution in [2.24, 2.45) is 0 Å². The van der Waals surface area contributed by atoms with Gasteiger partial charge in [-0.05, 0) is 32.4 Å². The fourth-order valence-corrected chi connectivity index (χ4v) is 1.33. The fraction of sp³-hybridized carbons (Fsp3) is 0.467. The summed E-state index contributed by atoms with van der Waals surface area (Å²) in [6.07, 6.45) is 1.86. The Kier molecular flexibility index (Phi) is 6.41. The largest absolute Gasteiger partial charge is 0.494 e. The van der Waals surface area contributed by atoms with E-state index in [1.54, 1.807) is 0 Å². The van der Waals surface area contributed by atoms with Crippen molar-refractivity contribution in [1.82, 2.24) is 0 Å². The van der Waals surface area contributed by atoms with Crippen LogP contribution in [0, 0.1) is 6.92 Å². The molecule has 0 N–H and O–H groups in total. The monoisotopic (exact) mass is 234 g/mol. The Labute approximate surface area is 104 Å². The number of rotatable bonds is 8. The molecule has 94 valence electrons. The molecule has 0 saturated heterocycles. The summed E-state index contributed by atoms with van der Waals surface area (Å²) in [6, 6.07) is 8.10. The van der Waals surface area contributed by atoms with Crippen molar-refractivity contribution in [2.45, 2.75) is 26.7 Å². The minimum absolute atomic E-state index is 0.704. The number of ether oxygens (including phenoxy) is 2. The average Bonchev–Trinajstić information content (AvgIpc) is 2.30. The van der Waals surface area contributed by atoms with Crippen LogP contribution in [-0.4, -0.2) is 19.8 Å². The van der Waals surface area contributed by atoms with Crippen molar-refractivity contribution in [2.75, 3.05) is 19.8 Å². The molecule has 1 aromatic rings. The average molecular weight is 234 g/mol. The van der Waals surface area contributed by atoms with E-state index in [-0.39, 0.29) is 0 Å². The highest BCUT2D eigenvalue weighted by Gasteiger charge is 1.94. The van der Waals surface area contributed by atoms with Crippen LogP contribution in [0.3, 0.4) is 0 Å². The van der Waals surface area contributed by atoms with E-state index >= 15 is 0 Å². The highest BCUT2D eigenvalue weighted by Crippen LogP contribution is 2.11. The molecule has 0 bridgehead atoms. The van der Waals surface area contributed by atoms with Gasteiger partial charge in [0.1, 0.15) is 5.75 Å². The molecular weight excluding hydrogens is 212 g/mol. The van der Waals surface area contributed by atoms with Gasteiger partial charge in [-0.15, -0.1) is 6.58 Å². The summed E-state index contributed by atoms with van der Waals surface area (Å²) in [7, 11) is 0. The Morgan fingerprint density at radius 2 is 1.82 bits per heavy atom. The third kappa shape index (κ3) is 6.80. The maximum absolute atomic E-state index is 5.59. The van der Waals surface area contributed by atoms with Gasteiger partial charge in [0, 0.05) is 13.0 Å². The first kappa shape index (κ1) is 13.8. The van der Waals surface area contributed by atoms with Gasteiger partial charge in [-0.3, -0.25) is 0 Å². The Hall–Kier alpha value is -1.28. The quantitative estimate of drug-likeness (QED) is 0.504. The maximum Gasteiger partial charge on any atom is 0.119 e. The van der Waals surface area contributed by atoms with E-state index in [1.165, 1.54) is 11.1 Å². The Morgan fingerprint density at radius 1 is 1.12 bits per heavy atom. The Balaban J connectivity index is 2.01. The van der Waals surface area contributed by atoms with Crippen LogP contribution in [0.15, 0.2) is 36.4 Å². The molecule has 0 unspecified atom stereocenters. The second kappa shape index (κ2) is 7.91. The summed E-state index contributed by atoms with van der Waals surface area (Å²) in [5, 5.41) is 0. The first-order chi connectivity index (χ1) is 8.18. The number of aryl methyl sites for hydroxylation is 1. The van der Waals surface area contributed by atoms with Gasteiger partial charge in [-0.1, -0.05) is 23.3 Å². The van der Waals surface area contributed by atoms with Crippen LogP contribution in [-0.2, 0) is 4.74 Å². The fourth-order valence-electron chi connectivity index (χ4n) is 1.33. The standard InChI is InChI=1S/C15H22O2/c1-13(2)9-12-16-10-4-11-17-15-7-5-14(3)6-8-15/h5-8H,1,4,9-12H2,2-3H3. The van der Waals surface area contributed by atoms with Crippen molar-refractivity contribution >= 4 is 0 Å². The minimum atomic E-state index is 0.704. The van der Waals surface area contributed by atoms with E-state index in [1.807, 2.05) is 19.1 Å². The summed E-state index contributed by atoms with van der Waals surface area (Å²) in [4.78, 5) is 0. The molecule has 0 spiro atoms. The normalized spacial score (nSPS) is 10.2. The lowest BCUT2D eigenvalue weighted by atomic mass is 10.2. The lowest BCUT2D eigenvalue weighted by Gasteiger charge is -2.07. The van der Waals surface area contributed by atoms with Gasteiger partial charge in [0.25, 0.3) is 0 Å². The van der Waals surface area contributed by atoms with Crippen LogP contribution in [0.1, 0.15) is 25.3 Å². The first-order valence-electron chi connectivity index (χ1n) is 6.10. The summed E-state index contributed by atoms with van der Waals surface area (Å²) in [5.41, 5.74) is 2.42. The number of hydrogen-bond acceptors (Lipinski definition) is 2. The molecule has 0 heterocycles. The van der Waals surface area contributed by atoms with Crippen molar-refractivity contribution in [3.05, 3.63) is 42.0 Å². The van der Waals surface area contributed by atoms with E-state index in [0.717, 1.165) is 31.8 Å². The van der Waals surface area contributed by atoms with Crippen LogP contribution in [0.4, 0.5) is 0 Å². The molecule has 0 radical (unpaired) electrons. The molecule has 2 heteroatoms.